The Bertz CT molecular complexity index is 1960. The molecule has 2 aliphatic rings. The van der Waals surface area contributed by atoms with Gasteiger partial charge in [-0.2, -0.15) is 0 Å². The molecule has 0 unspecified atom stereocenters. The Balaban J connectivity index is 1.01. The topological polar surface area (TPSA) is 108 Å². The van der Waals surface area contributed by atoms with Crippen LogP contribution in [0.25, 0.3) is 33.5 Å². The van der Waals surface area contributed by atoms with Crippen molar-refractivity contribution in [3.8, 4) is 11.4 Å². The third-order valence-electron chi connectivity index (χ3n) is 8.52. The van der Waals surface area contributed by atoms with Gasteiger partial charge in [-0.25, -0.2) is 15.0 Å². The van der Waals surface area contributed by atoms with Crippen LogP contribution in [0.15, 0.2) is 79.4 Å². The normalized spacial score (nSPS) is 15.4. The maximum atomic E-state index is 5.44. The van der Waals surface area contributed by atoms with Crippen LogP contribution in [0.1, 0.15) is 12.6 Å². The molecule has 43 heavy (non-hydrogen) atoms. The molecular formula is C33H31N9O. The highest BCUT2D eigenvalue weighted by atomic mass is 16.5. The highest BCUT2D eigenvalue weighted by Crippen LogP contribution is 2.41. The molecule has 1 aromatic carbocycles. The minimum atomic E-state index is 0.365. The zero-order valence-corrected chi connectivity index (χ0v) is 24.1. The maximum absolute atomic E-state index is 5.44. The number of hydrogen-bond donors (Lipinski definition) is 2. The van der Waals surface area contributed by atoms with Crippen molar-refractivity contribution in [2.75, 3.05) is 48.5 Å². The van der Waals surface area contributed by atoms with Crippen LogP contribution in [0, 0.1) is 5.41 Å². The Morgan fingerprint density at radius 1 is 0.930 bits per heavy atom. The van der Waals surface area contributed by atoms with Gasteiger partial charge in [0.15, 0.2) is 5.65 Å². The second-order valence-electron chi connectivity index (χ2n) is 11.5. The summed E-state index contributed by atoms with van der Waals surface area (Å²) in [5.74, 6) is 1.47. The molecule has 5 aromatic heterocycles. The van der Waals surface area contributed by atoms with Gasteiger partial charge in [0.25, 0.3) is 0 Å². The van der Waals surface area contributed by atoms with Crippen LogP contribution in [-0.2, 0) is 11.2 Å². The van der Waals surface area contributed by atoms with Crippen molar-refractivity contribution in [3.05, 3.63) is 85.1 Å². The predicted molar refractivity (Wildman–Crippen MR) is 169 cm³/mol. The molecule has 6 aromatic rings. The standard InChI is InChI=1S/C33H31N9O/c1-3-22-12-23(8-10-34-22)41(2)25-14-29-32(37-16-25)40-31(39-29)21-4-7-30(36-15-21)38-28-9-11-35-27-6-5-24(13-26(27)28)42-17-33(18-42)19-43-20-33/h4-16H,3,17-20H2,1-2H3,(H,35,36,38)(H,37,39,40). The fraction of sp³-hybridized carbons (Fsp3) is 0.242. The third-order valence-corrected chi connectivity index (χ3v) is 8.52. The van der Waals surface area contributed by atoms with E-state index >= 15 is 0 Å². The largest absolute Gasteiger partial charge is 0.380 e. The Kier molecular flexibility index (Phi) is 5.97. The van der Waals surface area contributed by atoms with Crippen LogP contribution in [0.3, 0.4) is 0 Å². The molecule has 0 saturated carbocycles. The molecule has 0 aliphatic carbocycles. The quantitative estimate of drug-likeness (QED) is 0.244. The lowest BCUT2D eigenvalue weighted by Crippen LogP contribution is -2.66. The fourth-order valence-corrected chi connectivity index (χ4v) is 5.93. The van der Waals surface area contributed by atoms with Gasteiger partial charge in [-0.1, -0.05) is 6.92 Å². The second kappa shape index (κ2) is 10.0. The first-order valence-electron chi connectivity index (χ1n) is 14.6. The van der Waals surface area contributed by atoms with E-state index in [1.807, 2.05) is 56.1 Å². The highest BCUT2D eigenvalue weighted by molar-refractivity contribution is 5.95. The van der Waals surface area contributed by atoms with Crippen molar-refractivity contribution in [2.24, 2.45) is 5.41 Å². The number of pyridine rings is 4. The maximum Gasteiger partial charge on any atom is 0.178 e. The number of rotatable bonds is 7. The summed E-state index contributed by atoms with van der Waals surface area (Å²) in [7, 11) is 2.03. The predicted octanol–water partition coefficient (Wildman–Crippen LogP) is 5.87. The Labute approximate surface area is 248 Å². The summed E-state index contributed by atoms with van der Waals surface area (Å²) in [5, 5.41) is 4.56. The van der Waals surface area contributed by atoms with Gasteiger partial charge in [0, 0.05) is 66.7 Å². The number of fused-ring (bicyclic) bond motifs is 2. The molecule has 10 heteroatoms. The summed E-state index contributed by atoms with van der Waals surface area (Å²) in [5.41, 5.74) is 8.99. The minimum absolute atomic E-state index is 0.365. The summed E-state index contributed by atoms with van der Waals surface area (Å²) in [4.78, 5) is 31.0. The van der Waals surface area contributed by atoms with Crippen molar-refractivity contribution >= 4 is 50.6 Å². The van der Waals surface area contributed by atoms with E-state index in [1.54, 1.807) is 0 Å². The van der Waals surface area contributed by atoms with E-state index in [0.717, 1.165) is 89.1 Å². The second-order valence-corrected chi connectivity index (χ2v) is 11.5. The van der Waals surface area contributed by atoms with E-state index in [0.29, 0.717) is 11.1 Å². The van der Waals surface area contributed by atoms with Crippen LogP contribution in [0.5, 0.6) is 0 Å². The number of imidazole rings is 1. The van der Waals surface area contributed by atoms with Gasteiger partial charge < -0.3 is 24.8 Å². The van der Waals surface area contributed by atoms with E-state index in [4.69, 9.17) is 14.7 Å². The first kappa shape index (κ1) is 25.6. The van der Waals surface area contributed by atoms with Crippen LogP contribution in [0.2, 0.25) is 0 Å². The Morgan fingerprint density at radius 3 is 2.60 bits per heavy atom. The number of aromatic amines is 1. The van der Waals surface area contributed by atoms with Gasteiger partial charge in [0.05, 0.1) is 47.2 Å². The monoisotopic (exact) mass is 569 g/mol. The van der Waals surface area contributed by atoms with E-state index in [2.05, 4.69) is 72.3 Å². The lowest BCUT2D eigenvalue weighted by molar-refractivity contribution is -0.127. The summed E-state index contributed by atoms with van der Waals surface area (Å²) in [6, 6.07) is 18.6. The zero-order valence-electron chi connectivity index (χ0n) is 24.1. The molecule has 0 radical (unpaired) electrons. The van der Waals surface area contributed by atoms with Crippen molar-refractivity contribution in [3.63, 3.8) is 0 Å². The Morgan fingerprint density at radius 2 is 1.81 bits per heavy atom. The number of aryl methyl sites for hydroxylation is 1. The van der Waals surface area contributed by atoms with Gasteiger partial charge in [-0.05, 0) is 61.0 Å². The van der Waals surface area contributed by atoms with Crippen molar-refractivity contribution in [1.82, 2.24) is 29.9 Å². The van der Waals surface area contributed by atoms with Crippen molar-refractivity contribution < 1.29 is 4.74 Å². The molecule has 0 bridgehead atoms. The smallest absolute Gasteiger partial charge is 0.178 e. The number of H-pyrrole nitrogens is 1. The molecule has 8 rings (SSSR count). The third kappa shape index (κ3) is 4.60. The van der Waals surface area contributed by atoms with Gasteiger partial charge >= 0.3 is 0 Å². The van der Waals surface area contributed by atoms with Crippen LogP contribution < -0.4 is 15.1 Å². The lowest BCUT2D eigenvalue weighted by atomic mass is 9.78. The van der Waals surface area contributed by atoms with Crippen LogP contribution in [0.4, 0.5) is 28.6 Å². The first-order valence-corrected chi connectivity index (χ1v) is 14.6. The number of aromatic nitrogens is 6. The zero-order chi connectivity index (χ0) is 29.0. The van der Waals surface area contributed by atoms with Crippen molar-refractivity contribution in [1.29, 1.82) is 0 Å². The Hall–Kier alpha value is -5.09. The molecule has 2 aliphatic heterocycles. The molecule has 2 N–H and O–H groups in total. The molecule has 2 fully saturated rings. The van der Waals surface area contributed by atoms with E-state index < -0.39 is 0 Å². The summed E-state index contributed by atoms with van der Waals surface area (Å²) >= 11 is 0. The average molecular weight is 570 g/mol. The van der Waals surface area contributed by atoms with Gasteiger partial charge in [-0.3, -0.25) is 9.97 Å². The summed E-state index contributed by atoms with van der Waals surface area (Å²) in [6.07, 6.45) is 8.23. The first-order chi connectivity index (χ1) is 21.1. The molecule has 1 spiro atoms. The molecule has 0 amide bonds. The van der Waals surface area contributed by atoms with Gasteiger partial charge in [0.2, 0.25) is 0 Å². The molecule has 0 atom stereocenters. The molecule has 214 valence electrons. The number of ether oxygens (including phenoxy) is 1. The number of nitrogens with one attached hydrogen (secondary N) is 2. The number of nitrogens with zero attached hydrogens (tertiary/aromatic N) is 7. The lowest BCUT2D eigenvalue weighted by Gasteiger charge is -2.56. The minimum Gasteiger partial charge on any atom is -0.380 e. The fourth-order valence-electron chi connectivity index (χ4n) is 5.93. The molecule has 10 nitrogen and oxygen atoms in total. The van der Waals surface area contributed by atoms with Gasteiger partial charge in [-0.15, -0.1) is 0 Å². The SMILES string of the molecule is CCc1cc(N(C)c2cnc3nc(-c4ccc(Nc5ccnc6ccc(N7CC8(COC8)C7)cc56)nc4)[nH]c3c2)ccn1. The number of hydrogen-bond acceptors (Lipinski definition) is 9. The van der Waals surface area contributed by atoms with E-state index in [-0.39, 0.29) is 0 Å². The molecule has 7 heterocycles. The van der Waals surface area contributed by atoms with Crippen molar-refractivity contribution in [2.45, 2.75) is 13.3 Å². The van der Waals surface area contributed by atoms with Crippen LogP contribution >= 0.6 is 0 Å². The number of benzene rings is 1. The molecule has 2 saturated heterocycles. The summed E-state index contributed by atoms with van der Waals surface area (Å²) in [6.45, 7) is 5.95. The highest BCUT2D eigenvalue weighted by Gasteiger charge is 2.49. The average Bonchev–Trinajstić information content (AvgIpc) is 3.43. The molecular weight excluding hydrogens is 538 g/mol. The van der Waals surface area contributed by atoms with Gasteiger partial charge in [0.1, 0.15) is 11.6 Å². The summed E-state index contributed by atoms with van der Waals surface area (Å²) < 4.78 is 5.44. The van der Waals surface area contributed by atoms with E-state index in [9.17, 15) is 0 Å². The van der Waals surface area contributed by atoms with Crippen LogP contribution in [-0.4, -0.2) is 63.3 Å². The van der Waals surface area contributed by atoms with E-state index in [1.165, 1.54) is 5.69 Å². The number of anilines is 5.